The molecule has 0 unspecified atom stereocenters. The molecule has 1 aliphatic carbocycles. The summed E-state index contributed by atoms with van der Waals surface area (Å²) < 4.78 is 1.90. The van der Waals surface area contributed by atoms with E-state index < -0.39 is 0 Å². The summed E-state index contributed by atoms with van der Waals surface area (Å²) in [5, 5.41) is 4.15. The number of hydrogen-bond acceptors (Lipinski definition) is 3. The van der Waals surface area contributed by atoms with Gasteiger partial charge in [-0.1, -0.05) is 30.6 Å². The summed E-state index contributed by atoms with van der Waals surface area (Å²) >= 11 is 1.80. The van der Waals surface area contributed by atoms with E-state index in [4.69, 9.17) is 0 Å². The van der Waals surface area contributed by atoms with Gasteiger partial charge in [0.2, 0.25) is 4.96 Å². The predicted octanol–water partition coefficient (Wildman–Crippen LogP) is 2.84. The number of rotatable bonds is 1. The Morgan fingerprint density at radius 1 is 1.29 bits per heavy atom. The van der Waals surface area contributed by atoms with Crippen LogP contribution in [0.2, 0.25) is 0 Å². The quantitative estimate of drug-likeness (QED) is 0.719. The predicted molar refractivity (Wildman–Crippen MR) is 56.7 cm³/mol. The first-order valence-corrected chi connectivity index (χ1v) is 6.04. The summed E-state index contributed by atoms with van der Waals surface area (Å²) in [5.41, 5.74) is 0. The molecule has 0 radical (unpaired) electrons. The topological polar surface area (TPSA) is 30.2 Å². The van der Waals surface area contributed by atoms with E-state index in [2.05, 4.69) is 16.3 Å². The Labute approximate surface area is 86.8 Å². The van der Waals surface area contributed by atoms with E-state index >= 15 is 0 Å². The van der Waals surface area contributed by atoms with Crippen LogP contribution in [0.25, 0.3) is 4.96 Å². The lowest BCUT2D eigenvalue weighted by Gasteiger charge is -2.19. The molecule has 1 fully saturated rings. The van der Waals surface area contributed by atoms with Crippen molar-refractivity contribution in [2.45, 2.75) is 38.0 Å². The molecule has 0 aliphatic heterocycles. The average molecular weight is 207 g/mol. The van der Waals surface area contributed by atoms with Crippen LogP contribution in [0.4, 0.5) is 0 Å². The Balaban J connectivity index is 1.92. The molecule has 0 bridgehead atoms. The van der Waals surface area contributed by atoms with E-state index in [1.807, 2.05) is 4.52 Å². The van der Waals surface area contributed by atoms with Gasteiger partial charge >= 0.3 is 0 Å². The maximum atomic E-state index is 4.20. The van der Waals surface area contributed by atoms with Gasteiger partial charge in [-0.05, 0) is 18.8 Å². The van der Waals surface area contributed by atoms with Gasteiger partial charge in [0.1, 0.15) is 6.33 Å². The van der Waals surface area contributed by atoms with Gasteiger partial charge in [-0.3, -0.25) is 0 Å². The first kappa shape index (κ1) is 8.41. The van der Waals surface area contributed by atoms with Crippen LogP contribution in [0.5, 0.6) is 0 Å². The van der Waals surface area contributed by atoms with Crippen molar-refractivity contribution in [1.29, 1.82) is 0 Å². The van der Waals surface area contributed by atoms with E-state index in [-0.39, 0.29) is 0 Å². The van der Waals surface area contributed by atoms with Crippen LogP contribution in [0.3, 0.4) is 0 Å². The molecule has 3 rings (SSSR count). The van der Waals surface area contributed by atoms with E-state index in [0.717, 1.165) is 10.9 Å². The molecule has 74 valence electrons. The van der Waals surface area contributed by atoms with Crippen molar-refractivity contribution < 1.29 is 0 Å². The van der Waals surface area contributed by atoms with E-state index in [1.165, 1.54) is 37.0 Å². The average Bonchev–Trinajstić information content (AvgIpc) is 2.78. The summed E-state index contributed by atoms with van der Waals surface area (Å²) in [5.74, 6) is 0.775. The van der Waals surface area contributed by atoms with Gasteiger partial charge in [0, 0.05) is 11.1 Å². The number of hydrogen-bond donors (Lipinski definition) is 0. The van der Waals surface area contributed by atoms with Crippen molar-refractivity contribution in [3.63, 3.8) is 0 Å². The molecule has 0 amide bonds. The van der Waals surface area contributed by atoms with Gasteiger partial charge in [0.15, 0.2) is 0 Å². The van der Waals surface area contributed by atoms with Gasteiger partial charge in [-0.25, -0.2) is 9.50 Å². The maximum Gasteiger partial charge on any atom is 0.212 e. The molecule has 4 heteroatoms. The van der Waals surface area contributed by atoms with Crippen molar-refractivity contribution in [3.05, 3.63) is 17.4 Å². The molecule has 1 saturated carbocycles. The van der Waals surface area contributed by atoms with Gasteiger partial charge in [0.05, 0.1) is 0 Å². The number of thiazole rings is 1. The fraction of sp³-hybridized carbons (Fsp3) is 0.600. The Bertz CT molecular complexity index is 397. The van der Waals surface area contributed by atoms with Crippen molar-refractivity contribution in [2.75, 3.05) is 0 Å². The minimum absolute atomic E-state index is 0.775. The highest BCUT2D eigenvalue weighted by Gasteiger charge is 2.18. The Kier molecular flexibility index (Phi) is 2.01. The molecule has 14 heavy (non-hydrogen) atoms. The normalized spacial score (nSPS) is 19.1. The maximum absolute atomic E-state index is 4.20. The van der Waals surface area contributed by atoms with Crippen molar-refractivity contribution >= 4 is 16.3 Å². The molecule has 2 aromatic heterocycles. The zero-order chi connectivity index (χ0) is 9.38. The highest BCUT2D eigenvalue weighted by atomic mass is 32.1. The van der Waals surface area contributed by atoms with Crippen LogP contribution in [-0.4, -0.2) is 14.6 Å². The van der Waals surface area contributed by atoms with Crippen LogP contribution < -0.4 is 0 Å². The highest BCUT2D eigenvalue weighted by molar-refractivity contribution is 7.17. The van der Waals surface area contributed by atoms with Crippen LogP contribution in [-0.2, 0) is 0 Å². The highest BCUT2D eigenvalue weighted by Crippen LogP contribution is 2.35. The third kappa shape index (κ3) is 1.34. The summed E-state index contributed by atoms with van der Waals surface area (Å²) in [7, 11) is 0. The smallest absolute Gasteiger partial charge is 0.211 e. The zero-order valence-corrected chi connectivity index (χ0v) is 8.83. The van der Waals surface area contributed by atoms with Crippen LogP contribution in [0.1, 0.15) is 42.9 Å². The molecule has 0 atom stereocenters. The third-order valence-electron chi connectivity index (χ3n) is 3.01. The molecule has 0 spiro atoms. The van der Waals surface area contributed by atoms with Crippen LogP contribution >= 0.6 is 11.3 Å². The van der Waals surface area contributed by atoms with E-state index in [0.29, 0.717) is 0 Å². The first-order chi connectivity index (χ1) is 6.93. The standard InChI is InChI=1S/C10H13N3S/c1-2-4-8(5-3-1)9-6-13-10(14-9)11-7-12-13/h6-8H,1-5H2. The monoisotopic (exact) mass is 207 g/mol. The molecule has 0 N–H and O–H groups in total. The summed E-state index contributed by atoms with van der Waals surface area (Å²) in [6.45, 7) is 0. The molecule has 2 aromatic rings. The Hall–Kier alpha value is -0.900. The Morgan fingerprint density at radius 2 is 2.14 bits per heavy atom. The molecular weight excluding hydrogens is 194 g/mol. The van der Waals surface area contributed by atoms with Crippen molar-refractivity contribution in [2.24, 2.45) is 0 Å². The molecule has 3 nitrogen and oxygen atoms in total. The molecule has 0 saturated heterocycles. The van der Waals surface area contributed by atoms with Gasteiger partial charge in [-0.2, -0.15) is 5.10 Å². The second kappa shape index (κ2) is 3.35. The second-order valence-electron chi connectivity index (χ2n) is 3.96. The minimum Gasteiger partial charge on any atom is -0.211 e. The van der Waals surface area contributed by atoms with Crippen molar-refractivity contribution in [1.82, 2.24) is 14.6 Å². The summed E-state index contributed by atoms with van der Waals surface area (Å²) in [4.78, 5) is 6.71. The fourth-order valence-electron chi connectivity index (χ4n) is 2.23. The molecular formula is C10H13N3S. The third-order valence-corrected chi connectivity index (χ3v) is 4.16. The van der Waals surface area contributed by atoms with Crippen molar-refractivity contribution in [3.8, 4) is 0 Å². The van der Waals surface area contributed by atoms with Gasteiger partial charge in [-0.15, -0.1) is 0 Å². The van der Waals surface area contributed by atoms with E-state index in [1.54, 1.807) is 17.7 Å². The number of fused-ring (bicyclic) bond motifs is 1. The molecule has 2 heterocycles. The lowest BCUT2D eigenvalue weighted by atomic mass is 9.89. The minimum atomic E-state index is 0.775. The van der Waals surface area contributed by atoms with Crippen LogP contribution in [0, 0.1) is 0 Å². The summed E-state index contributed by atoms with van der Waals surface area (Å²) in [6.07, 6.45) is 10.7. The van der Waals surface area contributed by atoms with Crippen LogP contribution in [0.15, 0.2) is 12.5 Å². The zero-order valence-electron chi connectivity index (χ0n) is 8.02. The SMILES string of the molecule is c1nc2sc(C3CCCCC3)cn2n1. The largest absolute Gasteiger partial charge is 0.212 e. The lowest BCUT2D eigenvalue weighted by molar-refractivity contribution is 0.447. The number of nitrogens with zero attached hydrogens (tertiary/aromatic N) is 3. The first-order valence-electron chi connectivity index (χ1n) is 5.22. The Morgan fingerprint density at radius 3 is 2.93 bits per heavy atom. The fourth-order valence-corrected chi connectivity index (χ4v) is 3.29. The number of aromatic nitrogens is 3. The van der Waals surface area contributed by atoms with E-state index in [9.17, 15) is 0 Å². The molecule has 0 aromatic carbocycles. The van der Waals surface area contributed by atoms with Gasteiger partial charge < -0.3 is 0 Å². The lowest BCUT2D eigenvalue weighted by Crippen LogP contribution is -2.02. The van der Waals surface area contributed by atoms with Gasteiger partial charge in [0.25, 0.3) is 0 Å². The second-order valence-corrected chi connectivity index (χ2v) is 5.00. The molecule has 1 aliphatic rings. The summed E-state index contributed by atoms with van der Waals surface area (Å²) in [6, 6.07) is 0.